The van der Waals surface area contributed by atoms with E-state index in [1.54, 1.807) is 11.6 Å². The van der Waals surface area contributed by atoms with E-state index >= 15 is 0 Å². The largest absolute Gasteiger partial charge is 0.361 e. The summed E-state index contributed by atoms with van der Waals surface area (Å²) in [7, 11) is 0. The quantitative estimate of drug-likeness (QED) is 0.214. The molecule has 166 valence electrons. The van der Waals surface area contributed by atoms with Gasteiger partial charge in [0.15, 0.2) is 0 Å². The van der Waals surface area contributed by atoms with Gasteiger partial charge < -0.3 is 10.3 Å². The first-order valence-electron chi connectivity index (χ1n) is 10.9. The normalized spacial score (nSPS) is 16.2. The fraction of sp³-hybridized carbons (Fsp3) is 0.280. The molecule has 2 atom stereocenters. The molecular weight excluding hydrogens is 404 g/mol. The molecule has 0 aliphatic heterocycles. The van der Waals surface area contributed by atoms with Crippen LogP contribution in [0.4, 0.5) is 0 Å². The zero-order valence-electron chi connectivity index (χ0n) is 18.0. The number of rotatable bonds is 8. The smallest absolute Gasteiger partial charge is 0.267 e. The van der Waals surface area contributed by atoms with Gasteiger partial charge in [-0.2, -0.15) is 0 Å². The van der Waals surface area contributed by atoms with Gasteiger partial charge in [0, 0.05) is 35.8 Å². The molecule has 7 heteroatoms. The molecule has 1 aliphatic carbocycles. The second kappa shape index (κ2) is 9.80. The summed E-state index contributed by atoms with van der Waals surface area (Å²) in [5, 5.41) is 16.3. The topological polar surface area (TPSA) is 106 Å². The van der Waals surface area contributed by atoms with Gasteiger partial charge in [0.25, 0.3) is 5.91 Å². The number of aryl methyl sites for hydroxylation is 1. The molecule has 2 amide bonds. The Morgan fingerprint density at radius 2 is 2.09 bits per heavy atom. The zero-order valence-corrected chi connectivity index (χ0v) is 18.0. The third-order valence-corrected chi connectivity index (χ3v) is 5.95. The zero-order chi connectivity index (χ0) is 22.5. The van der Waals surface area contributed by atoms with Gasteiger partial charge in [-0.3, -0.25) is 20.1 Å². The number of aromatic nitrogens is 1. The summed E-state index contributed by atoms with van der Waals surface area (Å²) in [5.74, 6) is -0.562. The van der Waals surface area contributed by atoms with Crippen LogP contribution in [-0.2, 0) is 22.4 Å². The summed E-state index contributed by atoms with van der Waals surface area (Å²) in [4.78, 5) is 27.4. The van der Waals surface area contributed by atoms with Crippen molar-refractivity contribution < 1.29 is 14.8 Å². The SMILES string of the molecule is CCNC(=O)C(Cc1c[nH]c2ccccc12)NC1CCc2cc(/C=C/C(=O)NO)ccc21. The number of hydrogen-bond acceptors (Lipinski definition) is 4. The van der Waals surface area contributed by atoms with Gasteiger partial charge >= 0.3 is 0 Å². The highest BCUT2D eigenvalue weighted by molar-refractivity contribution is 5.91. The first-order chi connectivity index (χ1) is 15.6. The number of para-hydroxylation sites is 1. The molecular formula is C25H28N4O3. The summed E-state index contributed by atoms with van der Waals surface area (Å²) >= 11 is 0. The van der Waals surface area contributed by atoms with Gasteiger partial charge in [0.1, 0.15) is 0 Å². The van der Waals surface area contributed by atoms with Crippen LogP contribution >= 0.6 is 0 Å². The van der Waals surface area contributed by atoms with Crippen molar-refractivity contribution in [2.75, 3.05) is 6.54 Å². The Hall–Kier alpha value is -3.42. The van der Waals surface area contributed by atoms with E-state index in [9.17, 15) is 9.59 Å². The molecule has 0 bridgehead atoms. The summed E-state index contributed by atoms with van der Waals surface area (Å²) in [6, 6.07) is 13.9. The highest BCUT2D eigenvalue weighted by atomic mass is 16.5. The van der Waals surface area contributed by atoms with E-state index in [0.29, 0.717) is 13.0 Å². The molecule has 0 spiro atoms. The van der Waals surface area contributed by atoms with Crippen LogP contribution < -0.4 is 16.1 Å². The number of fused-ring (bicyclic) bond motifs is 2. The molecule has 2 aromatic carbocycles. The lowest BCUT2D eigenvalue weighted by Gasteiger charge is -2.23. The lowest BCUT2D eigenvalue weighted by molar-refractivity contribution is -0.124. The molecule has 2 unspecified atom stereocenters. The van der Waals surface area contributed by atoms with Crippen LogP contribution in [0.2, 0.25) is 0 Å². The van der Waals surface area contributed by atoms with Crippen molar-refractivity contribution in [3.05, 3.63) is 77.0 Å². The molecule has 1 aromatic heterocycles. The Labute approximate surface area is 186 Å². The molecule has 7 nitrogen and oxygen atoms in total. The van der Waals surface area contributed by atoms with Gasteiger partial charge in [0.2, 0.25) is 5.91 Å². The number of carbonyl (C=O) groups is 2. The number of benzene rings is 2. The highest BCUT2D eigenvalue weighted by Crippen LogP contribution is 2.33. The van der Waals surface area contributed by atoms with Crippen molar-refractivity contribution in [3.8, 4) is 0 Å². The number of hydrogen-bond donors (Lipinski definition) is 5. The number of H-pyrrole nitrogens is 1. The van der Waals surface area contributed by atoms with E-state index in [0.717, 1.165) is 34.9 Å². The number of nitrogens with one attached hydrogen (secondary N) is 4. The van der Waals surface area contributed by atoms with Gasteiger partial charge in [-0.15, -0.1) is 0 Å². The van der Waals surface area contributed by atoms with E-state index < -0.39 is 5.91 Å². The lowest BCUT2D eigenvalue weighted by Crippen LogP contribution is -2.46. The van der Waals surface area contributed by atoms with Crippen LogP contribution in [0.5, 0.6) is 0 Å². The minimum atomic E-state index is -0.563. The summed E-state index contributed by atoms with van der Waals surface area (Å²) in [6.07, 6.45) is 7.35. The van der Waals surface area contributed by atoms with Gasteiger partial charge in [0.05, 0.1) is 6.04 Å². The van der Waals surface area contributed by atoms with Crippen molar-refractivity contribution in [2.45, 2.75) is 38.3 Å². The Kier molecular flexibility index (Phi) is 6.68. The van der Waals surface area contributed by atoms with E-state index in [1.807, 2.05) is 37.4 Å². The molecule has 0 saturated carbocycles. The third-order valence-electron chi connectivity index (χ3n) is 5.95. The van der Waals surface area contributed by atoms with Gasteiger partial charge in [-0.1, -0.05) is 36.4 Å². The fourth-order valence-corrected chi connectivity index (χ4v) is 4.41. The number of aromatic amines is 1. The Morgan fingerprint density at radius 1 is 1.25 bits per heavy atom. The van der Waals surface area contributed by atoms with Crippen LogP contribution in [0.3, 0.4) is 0 Å². The Bertz CT molecular complexity index is 1150. The maximum atomic E-state index is 12.9. The number of likely N-dealkylation sites (N-methyl/N-ethyl adjacent to an activating group) is 1. The monoisotopic (exact) mass is 432 g/mol. The summed E-state index contributed by atoms with van der Waals surface area (Å²) in [6.45, 7) is 2.51. The minimum Gasteiger partial charge on any atom is -0.361 e. The fourth-order valence-electron chi connectivity index (χ4n) is 4.41. The summed E-state index contributed by atoms with van der Waals surface area (Å²) < 4.78 is 0. The van der Waals surface area contributed by atoms with Crippen LogP contribution in [0, 0.1) is 0 Å². The van der Waals surface area contributed by atoms with Crippen molar-refractivity contribution in [1.82, 2.24) is 21.1 Å². The second-order valence-electron chi connectivity index (χ2n) is 8.04. The molecule has 32 heavy (non-hydrogen) atoms. The van der Waals surface area contributed by atoms with E-state index in [4.69, 9.17) is 5.21 Å². The van der Waals surface area contributed by atoms with Gasteiger partial charge in [-0.05, 0) is 60.6 Å². The highest BCUT2D eigenvalue weighted by Gasteiger charge is 2.28. The molecule has 5 N–H and O–H groups in total. The number of carbonyl (C=O) groups excluding carboxylic acids is 2. The first-order valence-corrected chi connectivity index (χ1v) is 10.9. The molecule has 0 saturated heterocycles. The average molecular weight is 433 g/mol. The predicted molar refractivity (Wildman–Crippen MR) is 124 cm³/mol. The summed E-state index contributed by atoms with van der Waals surface area (Å²) in [5.41, 5.74) is 7.06. The molecule has 1 aliphatic rings. The predicted octanol–water partition coefficient (Wildman–Crippen LogP) is 3.01. The van der Waals surface area contributed by atoms with Crippen molar-refractivity contribution in [3.63, 3.8) is 0 Å². The lowest BCUT2D eigenvalue weighted by atomic mass is 10.0. The maximum absolute atomic E-state index is 12.9. The average Bonchev–Trinajstić information content (AvgIpc) is 3.41. The second-order valence-corrected chi connectivity index (χ2v) is 8.04. The van der Waals surface area contributed by atoms with Crippen molar-refractivity contribution in [1.29, 1.82) is 0 Å². The molecule has 4 rings (SSSR count). The van der Waals surface area contributed by atoms with Crippen LogP contribution in [0.15, 0.2) is 54.7 Å². The molecule has 1 heterocycles. The minimum absolute atomic E-state index is 0.000741. The van der Waals surface area contributed by atoms with Crippen LogP contribution in [0.1, 0.15) is 41.6 Å². The molecule has 0 fully saturated rings. The van der Waals surface area contributed by atoms with Gasteiger partial charge in [-0.25, -0.2) is 5.48 Å². The van der Waals surface area contributed by atoms with E-state index in [2.05, 4.69) is 33.8 Å². The first kappa shape index (κ1) is 21.8. The molecule has 0 radical (unpaired) electrons. The van der Waals surface area contributed by atoms with E-state index in [1.165, 1.54) is 17.2 Å². The van der Waals surface area contributed by atoms with E-state index in [-0.39, 0.29) is 18.0 Å². The Balaban J connectivity index is 1.53. The van der Waals surface area contributed by atoms with Crippen LogP contribution in [-0.4, -0.2) is 34.6 Å². The Morgan fingerprint density at radius 3 is 2.91 bits per heavy atom. The molecule has 3 aromatic rings. The van der Waals surface area contributed by atoms with Crippen molar-refractivity contribution >= 4 is 28.8 Å². The maximum Gasteiger partial charge on any atom is 0.267 e. The third kappa shape index (κ3) is 4.74. The standard InChI is InChI=1S/C25H28N4O3/c1-2-26-25(31)23(14-18-15-27-21-6-4-3-5-19(18)21)28-22-11-9-17-13-16(7-10-20(17)22)8-12-24(30)29-32/h3-8,10,12-13,15,22-23,27-28,32H,2,9,11,14H2,1H3,(H,26,31)(H,29,30)/b12-8+. The number of amides is 2. The number of hydroxylamine groups is 1. The van der Waals surface area contributed by atoms with Crippen LogP contribution in [0.25, 0.3) is 17.0 Å². The van der Waals surface area contributed by atoms with Crippen molar-refractivity contribution in [2.24, 2.45) is 0 Å².